The Morgan fingerprint density at radius 1 is 1.15 bits per heavy atom. The number of rotatable bonds is 9. The van der Waals surface area contributed by atoms with Gasteiger partial charge in [0, 0.05) is 17.0 Å². The molecule has 1 atom stereocenters. The van der Waals surface area contributed by atoms with E-state index in [2.05, 4.69) is 10.6 Å². The number of hydrogen-bond donors (Lipinski definition) is 2. The fraction of sp³-hybridized carbons (Fsp3) is 0.400. The highest BCUT2D eigenvalue weighted by molar-refractivity contribution is 7.09. The molecule has 2 N–H and O–H groups in total. The summed E-state index contributed by atoms with van der Waals surface area (Å²) in [6.45, 7) is 6.88. The molecular formula is C20H26N2O3S. The second-order valence-electron chi connectivity index (χ2n) is 6.27. The van der Waals surface area contributed by atoms with Crippen LogP contribution >= 0.6 is 11.3 Å². The third kappa shape index (κ3) is 5.88. The quantitative estimate of drug-likeness (QED) is 0.708. The zero-order valence-electron chi connectivity index (χ0n) is 15.5. The van der Waals surface area contributed by atoms with Crippen LogP contribution in [0.4, 0.5) is 0 Å². The van der Waals surface area contributed by atoms with Crippen molar-refractivity contribution >= 4 is 23.2 Å². The van der Waals surface area contributed by atoms with E-state index in [0.29, 0.717) is 18.7 Å². The summed E-state index contributed by atoms with van der Waals surface area (Å²) in [5.41, 5.74) is 0.505. The van der Waals surface area contributed by atoms with Crippen molar-refractivity contribution in [2.75, 3.05) is 13.2 Å². The predicted molar refractivity (Wildman–Crippen MR) is 105 cm³/mol. The number of benzene rings is 1. The third-order valence-corrected chi connectivity index (χ3v) is 4.85. The van der Waals surface area contributed by atoms with Gasteiger partial charge in [0.05, 0.1) is 6.61 Å². The Hall–Kier alpha value is -2.34. The first kappa shape index (κ1) is 20.0. The van der Waals surface area contributed by atoms with Crippen molar-refractivity contribution in [2.45, 2.75) is 33.2 Å². The van der Waals surface area contributed by atoms with Crippen molar-refractivity contribution < 1.29 is 14.3 Å². The summed E-state index contributed by atoms with van der Waals surface area (Å²) >= 11 is 1.67. The lowest BCUT2D eigenvalue weighted by atomic mass is 10.0. The van der Waals surface area contributed by atoms with E-state index in [0.717, 1.165) is 12.2 Å². The third-order valence-electron chi connectivity index (χ3n) is 3.91. The minimum absolute atomic E-state index is 0.0108. The highest BCUT2D eigenvalue weighted by Crippen LogP contribution is 2.13. The first-order chi connectivity index (χ1) is 12.5. The zero-order chi connectivity index (χ0) is 18.9. The number of hydrogen-bond acceptors (Lipinski definition) is 4. The van der Waals surface area contributed by atoms with Crippen LogP contribution in [0.1, 0.15) is 36.0 Å². The van der Waals surface area contributed by atoms with E-state index in [1.807, 2.05) is 38.3 Å². The Kier molecular flexibility index (Phi) is 7.66. The molecule has 0 spiro atoms. The van der Waals surface area contributed by atoms with Gasteiger partial charge in [0.15, 0.2) is 0 Å². The second-order valence-corrected chi connectivity index (χ2v) is 7.31. The van der Waals surface area contributed by atoms with E-state index in [1.165, 1.54) is 4.88 Å². The number of ether oxygens (including phenoxy) is 1. The highest BCUT2D eigenvalue weighted by atomic mass is 32.1. The molecule has 0 saturated heterocycles. The number of nitrogens with one attached hydrogen (secondary N) is 2. The molecule has 0 aliphatic rings. The predicted octanol–water partition coefficient (Wildman–Crippen LogP) is 3.26. The monoisotopic (exact) mass is 374 g/mol. The average molecular weight is 375 g/mol. The Morgan fingerprint density at radius 2 is 1.88 bits per heavy atom. The van der Waals surface area contributed by atoms with Crippen LogP contribution in [0.2, 0.25) is 0 Å². The number of carbonyl (C=O) groups excluding carboxylic acids is 2. The molecule has 5 nitrogen and oxygen atoms in total. The fourth-order valence-corrected chi connectivity index (χ4v) is 3.21. The lowest BCUT2D eigenvalue weighted by molar-refractivity contribution is -0.123. The van der Waals surface area contributed by atoms with Gasteiger partial charge in [-0.05, 0) is 55.0 Å². The molecule has 6 heteroatoms. The molecule has 0 bridgehead atoms. The van der Waals surface area contributed by atoms with E-state index in [9.17, 15) is 9.59 Å². The van der Waals surface area contributed by atoms with Crippen LogP contribution in [0.3, 0.4) is 0 Å². The largest absolute Gasteiger partial charge is 0.494 e. The van der Waals surface area contributed by atoms with E-state index >= 15 is 0 Å². The van der Waals surface area contributed by atoms with Crippen LogP contribution in [0.25, 0.3) is 0 Å². The molecule has 0 unspecified atom stereocenters. The lowest BCUT2D eigenvalue weighted by Gasteiger charge is -2.21. The summed E-state index contributed by atoms with van der Waals surface area (Å²) in [4.78, 5) is 26.2. The Labute approximate surface area is 158 Å². The van der Waals surface area contributed by atoms with E-state index in [4.69, 9.17) is 4.74 Å². The molecular weight excluding hydrogens is 348 g/mol. The molecule has 0 aliphatic heterocycles. The molecule has 2 amide bonds. The summed E-state index contributed by atoms with van der Waals surface area (Å²) in [6, 6.07) is 10.4. The SMILES string of the molecule is CCOc1ccc(C(=O)N[C@H](C(=O)NCCc2cccs2)C(C)C)cc1. The summed E-state index contributed by atoms with van der Waals surface area (Å²) < 4.78 is 5.38. The maximum absolute atomic E-state index is 12.5. The van der Waals surface area contributed by atoms with Crippen molar-refractivity contribution in [2.24, 2.45) is 5.92 Å². The molecule has 2 rings (SSSR count). The minimum atomic E-state index is -0.572. The van der Waals surface area contributed by atoms with Gasteiger partial charge < -0.3 is 15.4 Å². The van der Waals surface area contributed by atoms with Gasteiger partial charge in [-0.15, -0.1) is 11.3 Å². The van der Waals surface area contributed by atoms with Gasteiger partial charge in [0.1, 0.15) is 11.8 Å². The molecule has 2 aromatic rings. The highest BCUT2D eigenvalue weighted by Gasteiger charge is 2.24. The van der Waals surface area contributed by atoms with Crippen LogP contribution in [0.5, 0.6) is 5.75 Å². The van der Waals surface area contributed by atoms with Gasteiger partial charge in [-0.1, -0.05) is 19.9 Å². The second kappa shape index (κ2) is 9.97. The molecule has 0 aliphatic carbocycles. The van der Waals surface area contributed by atoms with Gasteiger partial charge >= 0.3 is 0 Å². The summed E-state index contributed by atoms with van der Waals surface area (Å²) in [5.74, 6) is 0.287. The molecule has 1 aromatic heterocycles. The van der Waals surface area contributed by atoms with Gasteiger partial charge in [-0.2, -0.15) is 0 Å². The smallest absolute Gasteiger partial charge is 0.251 e. The topological polar surface area (TPSA) is 67.4 Å². The number of amides is 2. The van der Waals surface area contributed by atoms with Crippen molar-refractivity contribution in [3.05, 3.63) is 52.2 Å². The van der Waals surface area contributed by atoms with Crippen molar-refractivity contribution in [3.8, 4) is 5.75 Å². The lowest BCUT2D eigenvalue weighted by Crippen LogP contribution is -2.50. The molecule has 0 radical (unpaired) electrons. The Morgan fingerprint density at radius 3 is 2.46 bits per heavy atom. The molecule has 1 aromatic carbocycles. The molecule has 26 heavy (non-hydrogen) atoms. The minimum Gasteiger partial charge on any atom is -0.494 e. The van der Waals surface area contributed by atoms with Crippen LogP contribution in [0, 0.1) is 5.92 Å². The van der Waals surface area contributed by atoms with Crippen molar-refractivity contribution in [1.29, 1.82) is 0 Å². The average Bonchev–Trinajstić information content (AvgIpc) is 3.13. The van der Waals surface area contributed by atoms with Crippen LogP contribution < -0.4 is 15.4 Å². The fourth-order valence-electron chi connectivity index (χ4n) is 2.50. The maximum Gasteiger partial charge on any atom is 0.251 e. The zero-order valence-corrected chi connectivity index (χ0v) is 16.3. The first-order valence-corrected chi connectivity index (χ1v) is 9.73. The summed E-state index contributed by atoms with van der Waals surface area (Å²) in [5, 5.41) is 7.78. The van der Waals surface area contributed by atoms with Gasteiger partial charge in [-0.25, -0.2) is 0 Å². The van der Waals surface area contributed by atoms with Crippen LogP contribution in [-0.2, 0) is 11.2 Å². The maximum atomic E-state index is 12.5. The van der Waals surface area contributed by atoms with E-state index in [-0.39, 0.29) is 17.7 Å². The van der Waals surface area contributed by atoms with Crippen molar-refractivity contribution in [3.63, 3.8) is 0 Å². The van der Waals surface area contributed by atoms with Gasteiger partial charge in [0.2, 0.25) is 5.91 Å². The molecule has 1 heterocycles. The molecule has 0 fully saturated rings. The normalized spacial score (nSPS) is 11.8. The molecule has 140 valence electrons. The van der Waals surface area contributed by atoms with Crippen LogP contribution in [0.15, 0.2) is 41.8 Å². The summed E-state index contributed by atoms with van der Waals surface area (Å²) in [7, 11) is 0. The van der Waals surface area contributed by atoms with Gasteiger partial charge in [0.25, 0.3) is 5.91 Å². The number of carbonyl (C=O) groups is 2. The first-order valence-electron chi connectivity index (χ1n) is 8.85. The molecule has 0 saturated carbocycles. The summed E-state index contributed by atoms with van der Waals surface area (Å²) in [6.07, 6.45) is 0.793. The van der Waals surface area contributed by atoms with Crippen LogP contribution in [-0.4, -0.2) is 31.0 Å². The van der Waals surface area contributed by atoms with Gasteiger partial charge in [-0.3, -0.25) is 9.59 Å². The standard InChI is InChI=1S/C20H26N2O3S/c1-4-25-16-9-7-15(8-10-16)19(23)22-18(14(2)3)20(24)21-12-11-17-6-5-13-26-17/h5-10,13-14,18H,4,11-12H2,1-3H3,(H,21,24)(H,22,23)/t18-/m0/s1. The number of thiophene rings is 1. The van der Waals surface area contributed by atoms with E-state index < -0.39 is 6.04 Å². The Bertz CT molecular complexity index is 696. The van der Waals surface area contributed by atoms with E-state index in [1.54, 1.807) is 35.6 Å². The van der Waals surface area contributed by atoms with Crippen molar-refractivity contribution in [1.82, 2.24) is 10.6 Å². The Balaban J connectivity index is 1.91.